The molecule has 2 rings (SSSR count). The summed E-state index contributed by atoms with van der Waals surface area (Å²) in [5.41, 5.74) is 2.79. The summed E-state index contributed by atoms with van der Waals surface area (Å²) in [7, 11) is 0. The van der Waals surface area contributed by atoms with Crippen molar-refractivity contribution in [3.05, 3.63) is 47.8 Å². The van der Waals surface area contributed by atoms with E-state index in [1.54, 1.807) is 17.1 Å². The molecule has 8 heteroatoms. The minimum Gasteiger partial charge on any atom is -0.334 e. The largest absolute Gasteiger partial charge is 0.334 e. The van der Waals surface area contributed by atoms with Gasteiger partial charge in [0.1, 0.15) is 0 Å². The van der Waals surface area contributed by atoms with Crippen LogP contribution in [0.3, 0.4) is 0 Å². The fourth-order valence-corrected chi connectivity index (χ4v) is 2.65. The van der Waals surface area contributed by atoms with Crippen molar-refractivity contribution in [1.29, 1.82) is 0 Å². The van der Waals surface area contributed by atoms with Crippen molar-refractivity contribution in [3.8, 4) is 0 Å². The summed E-state index contributed by atoms with van der Waals surface area (Å²) in [6, 6.07) is 7.51. The number of aromatic nitrogens is 2. The monoisotopic (exact) mass is 386 g/mol. The number of carbonyl (C=O) groups is 2. The molecule has 0 aliphatic rings. The predicted octanol–water partition coefficient (Wildman–Crippen LogP) is 1.97. The number of carbonyl (C=O) groups excluding carboxylic acids is 2. The number of anilines is 1. The Morgan fingerprint density at radius 2 is 1.82 bits per heavy atom. The molecule has 28 heavy (non-hydrogen) atoms. The molecule has 0 bridgehead atoms. The van der Waals surface area contributed by atoms with Gasteiger partial charge in [0.2, 0.25) is 5.91 Å². The lowest BCUT2D eigenvalue weighted by Gasteiger charge is -2.17. The van der Waals surface area contributed by atoms with Crippen LogP contribution in [0, 0.1) is 6.92 Å². The number of urea groups is 1. The maximum absolute atomic E-state index is 12.0. The standard InChI is InChI=1S/C20H30N6O2/c1-4-25(5-2)10-11-26-15-18(13-23-26)24-19(27)14-22-20(28)21-12-17-8-6-16(3)7-9-17/h6-9,13,15H,4-5,10-12,14H2,1-3H3,(H,24,27)(H2,21,22,28). The van der Waals surface area contributed by atoms with Crippen LogP contribution in [-0.2, 0) is 17.9 Å². The first-order chi connectivity index (χ1) is 13.5. The van der Waals surface area contributed by atoms with Gasteiger partial charge in [0.25, 0.3) is 0 Å². The van der Waals surface area contributed by atoms with Crippen LogP contribution in [0.25, 0.3) is 0 Å². The Hall–Kier alpha value is -2.87. The molecule has 0 spiro atoms. The normalized spacial score (nSPS) is 10.7. The Morgan fingerprint density at radius 1 is 1.11 bits per heavy atom. The van der Waals surface area contributed by atoms with E-state index in [1.807, 2.05) is 31.2 Å². The Morgan fingerprint density at radius 3 is 2.50 bits per heavy atom. The number of benzene rings is 1. The van der Waals surface area contributed by atoms with Crippen molar-refractivity contribution < 1.29 is 9.59 Å². The molecule has 3 amide bonds. The van der Waals surface area contributed by atoms with E-state index in [0.29, 0.717) is 12.2 Å². The van der Waals surface area contributed by atoms with E-state index in [0.717, 1.165) is 31.7 Å². The van der Waals surface area contributed by atoms with Crippen LogP contribution in [0.2, 0.25) is 0 Å². The Labute approximate surface area is 166 Å². The van der Waals surface area contributed by atoms with Gasteiger partial charge >= 0.3 is 6.03 Å². The molecule has 0 fully saturated rings. The van der Waals surface area contributed by atoms with E-state index >= 15 is 0 Å². The van der Waals surface area contributed by atoms with E-state index in [1.165, 1.54) is 5.56 Å². The van der Waals surface area contributed by atoms with Crippen LogP contribution in [0.15, 0.2) is 36.7 Å². The van der Waals surface area contributed by atoms with Gasteiger partial charge in [-0.15, -0.1) is 0 Å². The third-order valence-electron chi connectivity index (χ3n) is 4.44. The molecule has 8 nitrogen and oxygen atoms in total. The van der Waals surface area contributed by atoms with Crippen molar-refractivity contribution in [2.24, 2.45) is 0 Å². The average Bonchev–Trinajstić information content (AvgIpc) is 3.14. The van der Waals surface area contributed by atoms with Gasteiger partial charge in [0.15, 0.2) is 0 Å². The smallest absolute Gasteiger partial charge is 0.315 e. The van der Waals surface area contributed by atoms with Crippen molar-refractivity contribution >= 4 is 17.6 Å². The second-order valence-electron chi connectivity index (χ2n) is 6.59. The molecule has 1 heterocycles. The second kappa shape index (κ2) is 11.1. The predicted molar refractivity (Wildman–Crippen MR) is 110 cm³/mol. The number of hydrogen-bond acceptors (Lipinski definition) is 4. The summed E-state index contributed by atoms with van der Waals surface area (Å²) in [6.07, 6.45) is 3.40. The molecular weight excluding hydrogens is 356 g/mol. The maximum Gasteiger partial charge on any atom is 0.315 e. The molecular formula is C20H30N6O2. The maximum atomic E-state index is 12.0. The van der Waals surface area contributed by atoms with Crippen molar-refractivity contribution in [3.63, 3.8) is 0 Å². The van der Waals surface area contributed by atoms with Crippen LogP contribution < -0.4 is 16.0 Å². The number of aryl methyl sites for hydroxylation is 1. The van der Waals surface area contributed by atoms with Gasteiger partial charge in [-0.1, -0.05) is 43.7 Å². The van der Waals surface area contributed by atoms with Gasteiger partial charge in [0, 0.05) is 19.3 Å². The third kappa shape index (κ3) is 7.40. The van der Waals surface area contributed by atoms with E-state index < -0.39 is 0 Å². The molecule has 1 aromatic heterocycles. The minimum absolute atomic E-state index is 0.107. The van der Waals surface area contributed by atoms with Gasteiger partial charge < -0.3 is 20.9 Å². The quantitative estimate of drug-likeness (QED) is 0.582. The molecule has 0 aliphatic heterocycles. The summed E-state index contributed by atoms with van der Waals surface area (Å²) >= 11 is 0. The van der Waals surface area contributed by atoms with Crippen LogP contribution >= 0.6 is 0 Å². The number of amides is 3. The van der Waals surface area contributed by atoms with E-state index in [4.69, 9.17) is 0 Å². The van der Waals surface area contributed by atoms with Gasteiger partial charge in [-0.25, -0.2) is 4.79 Å². The van der Waals surface area contributed by atoms with Crippen LogP contribution in [0.4, 0.5) is 10.5 Å². The van der Waals surface area contributed by atoms with Crippen molar-refractivity contribution in [1.82, 2.24) is 25.3 Å². The highest BCUT2D eigenvalue weighted by molar-refractivity contribution is 5.94. The highest BCUT2D eigenvalue weighted by Gasteiger charge is 2.08. The first kappa shape index (κ1) is 21.4. The zero-order valence-electron chi connectivity index (χ0n) is 16.9. The summed E-state index contributed by atoms with van der Waals surface area (Å²) in [4.78, 5) is 26.1. The third-order valence-corrected chi connectivity index (χ3v) is 4.44. The fraction of sp³-hybridized carbons (Fsp3) is 0.450. The van der Waals surface area contributed by atoms with Gasteiger partial charge in [-0.05, 0) is 25.6 Å². The van der Waals surface area contributed by atoms with Gasteiger partial charge in [0.05, 0.1) is 25.0 Å². The van der Waals surface area contributed by atoms with Gasteiger partial charge in [-0.3, -0.25) is 9.48 Å². The number of nitrogens with zero attached hydrogens (tertiary/aromatic N) is 3. The zero-order chi connectivity index (χ0) is 20.4. The lowest BCUT2D eigenvalue weighted by molar-refractivity contribution is -0.115. The molecule has 0 radical (unpaired) electrons. The summed E-state index contributed by atoms with van der Waals surface area (Å²) < 4.78 is 1.80. The van der Waals surface area contributed by atoms with E-state index in [9.17, 15) is 9.59 Å². The number of likely N-dealkylation sites (N-methyl/N-ethyl adjacent to an activating group) is 1. The number of hydrogen-bond donors (Lipinski definition) is 3. The SMILES string of the molecule is CCN(CC)CCn1cc(NC(=O)CNC(=O)NCc2ccc(C)cc2)cn1. The topological polar surface area (TPSA) is 91.3 Å². The molecule has 1 aromatic carbocycles. The molecule has 2 aromatic rings. The lowest BCUT2D eigenvalue weighted by Crippen LogP contribution is -2.39. The molecule has 0 saturated heterocycles. The first-order valence-corrected chi connectivity index (χ1v) is 9.62. The van der Waals surface area contributed by atoms with Crippen LogP contribution in [-0.4, -0.2) is 52.8 Å². The lowest BCUT2D eigenvalue weighted by atomic mass is 10.1. The van der Waals surface area contributed by atoms with Crippen molar-refractivity contribution in [2.45, 2.75) is 33.9 Å². The fourth-order valence-electron chi connectivity index (χ4n) is 2.65. The summed E-state index contributed by atoms with van der Waals surface area (Å²) in [6.45, 7) is 10.2. The minimum atomic E-state index is -0.384. The second-order valence-corrected chi connectivity index (χ2v) is 6.59. The number of nitrogens with one attached hydrogen (secondary N) is 3. The molecule has 0 atom stereocenters. The average molecular weight is 387 g/mol. The Bertz CT molecular complexity index is 752. The Balaban J connectivity index is 1.67. The summed E-state index contributed by atoms with van der Waals surface area (Å²) in [5.74, 6) is -0.297. The molecule has 3 N–H and O–H groups in total. The molecule has 0 aliphatic carbocycles. The summed E-state index contributed by atoms with van der Waals surface area (Å²) in [5, 5.41) is 12.3. The van der Waals surface area contributed by atoms with E-state index in [-0.39, 0.29) is 18.5 Å². The molecule has 0 unspecified atom stereocenters. The van der Waals surface area contributed by atoms with Crippen molar-refractivity contribution in [2.75, 3.05) is 31.5 Å². The van der Waals surface area contributed by atoms with Crippen LogP contribution in [0.1, 0.15) is 25.0 Å². The highest BCUT2D eigenvalue weighted by atomic mass is 16.2. The number of rotatable bonds is 10. The zero-order valence-corrected chi connectivity index (χ0v) is 16.9. The van der Waals surface area contributed by atoms with Crippen LogP contribution in [0.5, 0.6) is 0 Å². The molecule has 0 saturated carbocycles. The van der Waals surface area contributed by atoms with Gasteiger partial charge in [-0.2, -0.15) is 5.10 Å². The first-order valence-electron chi connectivity index (χ1n) is 9.62. The Kier molecular flexibility index (Phi) is 8.48. The highest BCUT2D eigenvalue weighted by Crippen LogP contribution is 2.05. The van der Waals surface area contributed by atoms with E-state index in [2.05, 4.69) is 39.8 Å². The molecule has 152 valence electrons.